The molecule has 1 aromatic rings. The maximum Gasteiger partial charge on any atom is 0.130 e. The summed E-state index contributed by atoms with van der Waals surface area (Å²) in [7, 11) is 2.15. The van der Waals surface area contributed by atoms with Gasteiger partial charge in [-0.2, -0.15) is 0 Å². The van der Waals surface area contributed by atoms with Crippen molar-refractivity contribution in [3.63, 3.8) is 0 Å². The van der Waals surface area contributed by atoms with Crippen molar-refractivity contribution in [3.05, 3.63) is 40.1 Å². The summed E-state index contributed by atoms with van der Waals surface area (Å²) >= 11 is 6.31. The van der Waals surface area contributed by atoms with Gasteiger partial charge in [-0.25, -0.2) is 0 Å². The highest BCUT2D eigenvalue weighted by Crippen LogP contribution is 2.31. The number of ether oxygens (including phenoxy) is 1. The summed E-state index contributed by atoms with van der Waals surface area (Å²) in [5.41, 5.74) is 3.68. The van der Waals surface area contributed by atoms with Crippen molar-refractivity contribution in [1.82, 2.24) is 4.90 Å². The number of allylic oxidation sites excluding steroid dienone is 1. The van der Waals surface area contributed by atoms with Crippen molar-refractivity contribution in [3.8, 4) is 5.75 Å². The highest BCUT2D eigenvalue weighted by Gasteiger charge is 2.17. The van der Waals surface area contributed by atoms with Gasteiger partial charge in [0.1, 0.15) is 5.75 Å². The predicted molar refractivity (Wildman–Crippen MR) is 76.4 cm³/mol. The van der Waals surface area contributed by atoms with Crippen LogP contribution in [0.3, 0.4) is 0 Å². The van der Waals surface area contributed by atoms with Gasteiger partial charge in [-0.05, 0) is 57.0 Å². The standard InChI is InChI=1S/C15H20ClNO/c1-11(2)10-18-15-5-4-14(16)12-6-8-17(3)9-7-13(12)15/h4-5,10H,6-9H2,1-3H3. The zero-order chi connectivity index (χ0) is 13.1. The Hall–Kier alpha value is -0.990. The molecule has 0 unspecified atom stereocenters. The van der Waals surface area contributed by atoms with Gasteiger partial charge in [0, 0.05) is 23.7 Å². The van der Waals surface area contributed by atoms with Gasteiger partial charge in [0.2, 0.25) is 0 Å². The zero-order valence-corrected chi connectivity index (χ0v) is 12.0. The van der Waals surface area contributed by atoms with Crippen molar-refractivity contribution >= 4 is 11.6 Å². The van der Waals surface area contributed by atoms with Crippen LogP contribution in [0.15, 0.2) is 24.0 Å². The van der Waals surface area contributed by atoms with E-state index in [-0.39, 0.29) is 0 Å². The second-order valence-electron chi connectivity index (χ2n) is 5.12. The molecule has 3 heteroatoms. The monoisotopic (exact) mass is 265 g/mol. The van der Waals surface area contributed by atoms with Gasteiger partial charge in [0.25, 0.3) is 0 Å². The van der Waals surface area contributed by atoms with Crippen molar-refractivity contribution in [2.75, 3.05) is 20.1 Å². The van der Waals surface area contributed by atoms with E-state index in [1.165, 1.54) is 11.1 Å². The molecular weight excluding hydrogens is 246 g/mol. The van der Waals surface area contributed by atoms with Gasteiger partial charge < -0.3 is 9.64 Å². The van der Waals surface area contributed by atoms with E-state index in [0.29, 0.717) is 0 Å². The topological polar surface area (TPSA) is 12.5 Å². The van der Waals surface area contributed by atoms with Gasteiger partial charge in [-0.3, -0.25) is 0 Å². The third kappa shape index (κ3) is 3.06. The molecule has 2 rings (SSSR count). The van der Waals surface area contributed by atoms with Gasteiger partial charge in [0.15, 0.2) is 0 Å². The molecule has 0 aromatic heterocycles. The Bertz CT molecular complexity index is 464. The summed E-state index contributed by atoms with van der Waals surface area (Å²) in [5, 5.41) is 0.866. The average molecular weight is 266 g/mol. The maximum absolute atomic E-state index is 6.31. The molecular formula is C15H20ClNO. The molecule has 0 fully saturated rings. The summed E-state index contributed by atoms with van der Waals surface area (Å²) < 4.78 is 5.77. The molecule has 1 heterocycles. The van der Waals surface area contributed by atoms with E-state index in [1.54, 1.807) is 6.26 Å². The third-order valence-electron chi connectivity index (χ3n) is 3.24. The lowest BCUT2D eigenvalue weighted by molar-refractivity contribution is 0.351. The second kappa shape index (κ2) is 5.77. The first-order chi connectivity index (χ1) is 8.58. The molecule has 0 atom stereocenters. The highest BCUT2D eigenvalue weighted by atomic mass is 35.5. The Kier molecular flexibility index (Phi) is 4.31. The first-order valence-electron chi connectivity index (χ1n) is 6.36. The number of hydrogen-bond donors (Lipinski definition) is 0. The van der Waals surface area contributed by atoms with Crippen LogP contribution in [0, 0.1) is 0 Å². The molecule has 0 spiro atoms. The largest absolute Gasteiger partial charge is 0.465 e. The van der Waals surface area contributed by atoms with Gasteiger partial charge in [-0.1, -0.05) is 11.6 Å². The Morgan fingerprint density at radius 3 is 2.56 bits per heavy atom. The quantitative estimate of drug-likeness (QED) is 0.757. The Morgan fingerprint density at radius 1 is 1.22 bits per heavy atom. The smallest absolute Gasteiger partial charge is 0.130 e. The van der Waals surface area contributed by atoms with Crippen molar-refractivity contribution in [1.29, 1.82) is 0 Å². The molecule has 0 saturated carbocycles. The lowest BCUT2D eigenvalue weighted by Crippen LogP contribution is -2.20. The van der Waals surface area contributed by atoms with Crippen molar-refractivity contribution < 1.29 is 4.74 Å². The van der Waals surface area contributed by atoms with Gasteiger partial charge in [0.05, 0.1) is 6.26 Å². The second-order valence-corrected chi connectivity index (χ2v) is 5.53. The van der Waals surface area contributed by atoms with Crippen LogP contribution in [0.2, 0.25) is 5.02 Å². The van der Waals surface area contributed by atoms with Crippen LogP contribution >= 0.6 is 11.6 Å². The molecule has 0 N–H and O–H groups in total. The minimum atomic E-state index is 0.866. The Morgan fingerprint density at radius 2 is 1.89 bits per heavy atom. The molecule has 18 heavy (non-hydrogen) atoms. The van der Waals surface area contributed by atoms with E-state index in [2.05, 4.69) is 11.9 Å². The molecule has 0 bridgehead atoms. The molecule has 98 valence electrons. The van der Waals surface area contributed by atoms with E-state index in [1.807, 2.05) is 26.0 Å². The fourth-order valence-corrected chi connectivity index (χ4v) is 2.47. The van der Waals surface area contributed by atoms with Crippen molar-refractivity contribution in [2.45, 2.75) is 26.7 Å². The first-order valence-corrected chi connectivity index (χ1v) is 6.74. The van der Waals surface area contributed by atoms with Crippen LogP contribution in [0.4, 0.5) is 0 Å². The lowest BCUT2D eigenvalue weighted by Gasteiger charge is -2.13. The summed E-state index contributed by atoms with van der Waals surface area (Å²) in [5.74, 6) is 0.950. The fraction of sp³-hybridized carbons (Fsp3) is 0.467. The molecule has 0 saturated heterocycles. The number of rotatable bonds is 2. The molecule has 2 nitrogen and oxygen atoms in total. The number of halogens is 1. The van der Waals surface area contributed by atoms with E-state index >= 15 is 0 Å². The number of likely N-dealkylation sites (N-methyl/N-ethyl adjacent to an activating group) is 1. The van der Waals surface area contributed by atoms with Gasteiger partial charge >= 0.3 is 0 Å². The normalized spacial score (nSPS) is 15.8. The van der Waals surface area contributed by atoms with E-state index < -0.39 is 0 Å². The summed E-state index contributed by atoms with van der Waals surface area (Å²) in [6.45, 7) is 6.17. The molecule has 1 aliphatic heterocycles. The van der Waals surface area contributed by atoms with Crippen LogP contribution in [0.1, 0.15) is 25.0 Å². The number of fused-ring (bicyclic) bond motifs is 1. The summed E-state index contributed by atoms with van der Waals surface area (Å²) in [6.07, 6.45) is 3.80. The Balaban J connectivity index is 2.35. The minimum absolute atomic E-state index is 0.866. The van der Waals surface area contributed by atoms with Crippen LogP contribution < -0.4 is 4.74 Å². The zero-order valence-electron chi connectivity index (χ0n) is 11.3. The number of nitrogens with zero attached hydrogens (tertiary/aromatic N) is 1. The SMILES string of the molecule is CC(C)=COc1ccc(Cl)c2c1CCN(C)CC2. The molecule has 0 radical (unpaired) electrons. The molecule has 0 amide bonds. The van der Waals surface area contributed by atoms with Crippen molar-refractivity contribution in [2.24, 2.45) is 0 Å². The summed E-state index contributed by atoms with van der Waals surface area (Å²) in [4.78, 5) is 2.33. The van der Waals surface area contributed by atoms with E-state index in [4.69, 9.17) is 16.3 Å². The number of benzene rings is 1. The van der Waals surface area contributed by atoms with Crippen LogP contribution in [-0.4, -0.2) is 25.0 Å². The first kappa shape index (κ1) is 13.4. The minimum Gasteiger partial charge on any atom is -0.465 e. The average Bonchev–Trinajstić information content (AvgIpc) is 2.52. The molecule has 0 aliphatic carbocycles. The lowest BCUT2D eigenvalue weighted by atomic mass is 10.0. The number of hydrogen-bond acceptors (Lipinski definition) is 2. The van der Waals surface area contributed by atoms with E-state index in [0.717, 1.165) is 42.3 Å². The fourth-order valence-electron chi connectivity index (χ4n) is 2.20. The van der Waals surface area contributed by atoms with E-state index in [9.17, 15) is 0 Å². The summed E-state index contributed by atoms with van der Waals surface area (Å²) in [6, 6.07) is 3.92. The third-order valence-corrected chi connectivity index (χ3v) is 3.59. The molecule has 1 aromatic carbocycles. The highest BCUT2D eigenvalue weighted by molar-refractivity contribution is 6.31. The maximum atomic E-state index is 6.31. The van der Waals surface area contributed by atoms with Gasteiger partial charge in [-0.15, -0.1) is 0 Å². The predicted octanol–water partition coefficient (Wildman–Crippen LogP) is 3.67. The van der Waals surface area contributed by atoms with Crippen LogP contribution in [0.5, 0.6) is 5.75 Å². The van der Waals surface area contributed by atoms with Crippen LogP contribution in [0.25, 0.3) is 0 Å². The van der Waals surface area contributed by atoms with Crippen LogP contribution in [-0.2, 0) is 12.8 Å². The Labute approximate surface area is 114 Å². The molecule has 1 aliphatic rings.